The summed E-state index contributed by atoms with van der Waals surface area (Å²) in [5.41, 5.74) is 8.84. The summed E-state index contributed by atoms with van der Waals surface area (Å²) in [5.74, 6) is 0.667. The van der Waals surface area contributed by atoms with Gasteiger partial charge < -0.3 is 10.6 Å². The Balaban J connectivity index is 2.24. The lowest BCUT2D eigenvalue weighted by Gasteiger charge is -2.30. The first-order valence-corrected chi connectivity index (χ1v) is 6.99. The summed E-state index contributed by atoms with van der Waals surface area (Å²) in [6.07, 6.45) is 0. The van der Waals surface area contributed by atoms with Gasteiger partial charge in [-0.3, -0.25) is 4.99 Å². The molecule has 1 aliphatic heterocycles. The van der Waals surface area contributed by atoms with Crippen molar-refractivity contribution >= 4 is 5.96 Å². The lowest BCUT2D eigenvalue weighted by atomic mass is 9.86. The number of nitrogens with zero attached hydrogens (tertiary/aromatic N) is 2. The second-order valence-corrected chi connectivity index (χ2v) is 6.59. The highest BCUT2D eigenvalue weighted by Crippen LogP contribution is 2.29. The molecule has 3 heteroatoms. The van der Waals surface area contributed by atoms with Gasteiger partial charge in [-0.1, -0.05) is 45.0 Å². The Morgan fingerprint density at radius 1 is 1.21 bits per heavy atom. The molecule has 0 bridgehead atoms. The molecule has 1 unspecified atom stereocenters. The van der Waals surface area contributed by atoms with Crippen molar-refractivity contribution in [2.45, 2.75) is 52.1 Å². The van der Waals surface area contributed by atoms with Crippen LogP contribution in [0.5, 0.6) is 0 Å². The second-order valence-electron chi connectivity index (χ2n) is 6.59. The van der Waals surface area contributed by atoms with E-state index in [0.717, 1.165) is 6.54 Å². The van der Waals surface area contributed by atoms with Crippen molar-refractivity contribution in [3.05, 3.63) is 35.4 Å². The molecule has 1 heterocycles. The summed E-state index contributed by atoms with van der Waals surface area (Å²) in [6.45, 7) is 11.8. The number of guanidine groups is 1. The van der Waals surface area contributed by atoms with Crippen LogP contribution in [0.1, 0.15) is 51.8 Å². The fourth-order valence-electron chi connectivity index (χ4n) is 2.60. The molecular weight excluding hydrogens is 234 g/mol. The zero-order valence-corrected chi connectivity index (χ0v) is 12.6. The quantitative estimate of drug-likeness (QED) is 0.887. The van der Waals surface area contributed by atoms with Crippen LogP contribution in [-0.4, -0.2) is 23.4 Å². The van der Waals surface area contributed by atoms with E-state index in [1.807, 2.05) is 0 Å². The van der Waals surface area contributed by atoms with Gasteiger partial charge in [0.25, 0.3) is 0 Å². The average Bonchev–Trinajstić information content (AvgIpc) is 2.70. The minimum absolute atomic E-state index is 0.196. The van der Waals surface area contributed by atoms with Crippen LogP contribution in [-0.2, 0) is 5.41 Å². The van der Waals surface area contributed by atoms with Crippen molar-refractivity contribution in [2.75, 3.05) is 6.54 Å². The molecule has 2 N–H and O–H groups in total. The lowest BCUT2D eigenvalue weighted by Crippen LogP contribution is -2.40. The van der Waals surface area contributed by atoms with Crippen LogP contribution in [0.25, 0.3) is 0 Å². The van der Waals surface area contributed by atoms with Crippen molar-refractivity contribution < 1.29 is 0 Å². The molecule has 0 amide bonds. The van der Waals surface area contributed by atoms with Gasteiger partial charge in [-0.05, 0) is 30.4 Å². The van der Waals surface area contributed by atoms with Gasteiger partial charge in [-0.2, -0.15) is 0 Å². The zero-order valence-electron chi connectivity index (χ0n) is 12.6. The molecule has 1 atom stereocenters. The topological polar surface area (TPSA) is 41.6 Å². The van der Waals surface area contributed by atoms with Gasteiger partial charge in [0.05, 0.1) is 12.6 Å². The van der Waals surface area contributed by atoms with Gasteiger partial charge in [0.15, 0.2) is 5.96 Å². The predicted molar refractivity (Wildman–Crippen MR) is 81.3 cm³/mol. The normalized spacial score (nSPS) is 20.0. The number of hydrogen-bond donors (Lipinski definition) is 1. The third-order valence-corrected chi connectivity index (χ3v) is 3.74. The van der Waals surface area contributed by atoms with E-state index < -0.39 is 0 Å². The molecule has 3 nitrogen and oxygen atoms in total. The Kier molecular flexibility index (Phi) is 3.57. The molecule has 0 saturated heterocycles. The van der Waals surface area contributed by atoms with E-state index in [-0.39, 0.29) is 11.5 Å². The van der Waals surface area contributed by atoms with E-state index >= 15 is 0 Å². The van der Waals surface area contributed by atoms with Crippen LogP contribution in [0.3, 0.4) is 0 Å². The number of rotatable bonds is 2. The minimum atomic E-state index is 0.196. The van der Waals surface area contributed by atoms with E-state index in [2.05, 4.69) is 68.8 Å². The molecule has 0 aromatic heterocycles. The van der Waals surface area contributed by atoms with Crippen molar-refractivity contribution in [2.24, 2.45) is 10.7 Å². The number of benzene rings is 1. The van der Waals surface area contributed by atoms with Crippen molar-refractivity contribution in [3.63, 3.8) is 0 Å². The van der Waals surface area contributed by atoms with Crippen molar-refractivity contribution in [1.82, 2.24) is 4.90 Å². The summed E-state index contributed by atoms with van der Waals surface area (Å²) in [5, 5.41) is 0. The van der Waals surface area contributed by atoms with Crippen LogP contribution in [0.4, 0.5) is 0 Å². The van der Waals surface area contributed by atoms with Gasteiger partial charge in [-0.25, -0.2) is 0 Å². The Bertz CT molecular complexity index is 466. The first kappa shape index (κ1) is 13.9. The molecule has 1 aromatic rings. The molecule has 0 saturated carbocycles. The molecular formula is C16H25N3. The maximum Gasteiger partial charge on any atom is 0.192 e. The minimum Gasteiger partial charge on any atom is -0.370 e. The Morgan fingerprint density at radius 2 is 1.79 bits per heavy atom. The van der Waals surface area contributed by atoms with E-state index in [0.29, 0.717) is 12.0 Å². The van der Waals surface area contributed by atoms with Crippen LogP contribution in [0, 0.1) is 0 Å². The number of aliphatic imine (C=N–C) groups is 1. The summed E-state index contributed by atoms with van der Waals surface area (Å²) >= 11 is 0. The molecule has 19 heavy (non-hydrogen) atoms. The first-order valence-electron chi connectivity index (χ1n) is 6.99. The van der Waals surface area contributed by atoms with Gasteiger partial charge in [0.2, 0.25) is 0 Å². The molecule has 0 radical (unpaired) electrons. The molecule has 1 aliphatic rings. The fraction of sp³-hybridized carbons (Fsp3) is 0.562. The van der Waals surface area contributed by atoms with Crippen molar-refractivity contribution in [3.8, 4) is 0 Å². The summed E-state index contributed by atoms with van der Waals surface area (Å²) in [7, 11) is 0. The van der Waals surface area contributed by atoms with E-state index in [9.17, 15) is 0 Å². The maximum absolute atomic E-state index is 5.98. The Labute approximate surface area is 116 Å². The van der Waals surface area contributed by atoms with Gasteiger partial charge in [0, 0.05) is 6.04 Å². The summed E-state index contributed by atoms with van der Waals surface area (Å²) < 4.78 is 0. The van der Waals surface area contributed by atoms with Crippen LogP contribution in [0.2, 0.25) is 0 Å². The van der Waals surface area contributed by atoms with E-state index in [4.69, 9.17) is 5.73 Å². The highest BCUT2D eigenvalue weighted by Gasteiger charge is 2.29. The Hall–Kier alpha value is -1.51. The van der Waals surface area contributed by atoms with Gasteiger partial charge in [0.1, 0.15) is 0 Å². The van der Waals surface area contributed by atoms with Crippen molar-refractivity contribution in [1.29, 1.82) is 0 Å². The molecule has 2 rings (SSSR count). The third kappa shape index (κ3) is 2.75. The third-order valence-electron chi connectivity index (χ3n) is 3.74. The maximum atomic E-state index is 5.98. The fourth-order valence-corrected chi connectivity index (χ4v) is 2.60. The van der Waals surface area contributed by atoms with Crippen LogP contribution in [0.15, 0.2) is 29.3 Å². The molecule has 0 aliphatic carbocycles. The summed E-state index contributed by atoms with van der Waals surface area (Å²) in [4.78, 5) is 6.59. The predicted octanol–water partition coefficient (Wildman–Crippen LogP) is 3.06. The highest BCUT2D eigenvalue weighted by molar-refractivity contribution is 5.80. The molecule has 0 fully saturated rings. The van der Waals surface area contributed by atoms with Gasteiger partial charge >= 0.3 is 0 Å². The SMILES string of the molecule is CC(C)N1C(N)=NCC1c1ccc(C(C)(C)C)cc1. The number of hydrogen-bond acceptors (Lipinski definition) is 3. The zero-order chi connectivity index (χ0) is 14.2. The largest absolute Gasteiger partial charge is 0.370 e. The molecule has 1 aromatic carbocycles. The Morgan fingerprint density at radius 3 is 2.26 bits per heavy atom. The standard InChI is InChI=1S/C16H25N3/c1-11(2)19-14(10-18-15(19)17)12-6-8-13(9-7-12)16(3,4)5/h6-9,11,14H,10H2,1-5H3,(H2,17,18). The number of nitrogens with two attached hydrogens (primary N) is 1. The van der Waals surface area contributed by atoms with Gasteiger partial charge in [-0.15, -0.1) is 0 Å². The van der Waals surface area contributed by atoms with Crippen LogP contribution < -0.4 is 5.73 Å². The monoisotopic (exact) mass is 259 g/mol. The van der Waals surface area contributed by atoms with E-state index in [1.54, 1.807) is 0 Å². The average molecular weight is 259 g/mol. The smallest absolute Gasteiger partial charge is 0.192 e. The highest BCUT2D eigenvalue weighted by atomic mass is 15.3. The molecule has 104 valence electrons. The lowest BCUT2D eigenvalue weighted by molar-refractivity contribution is 0.290. The molecule has 0 spiro atoms. The second kappa shape index (κ2) is 4.87. The first-order chi connectivity index (χ1) is 8.80. The summed E-state index contributed by atoms with van der Waals surface area (Å²) in [6, 6.07) is 9.54. The van der Waals surface area contributed by atoms with E-state index in [1.165, 1.54) is 11.1 Å². The van der Waals surface area contributed by atoms with Crippen LogP contribution >= 0.6 is 0 Å².